The second kappa shape index (κ2) is 6.41. The third-order valence-corrected chi connectivity index (χ3v) is 3.31. The molecular formula is C15H18N4O2. The highest BCUT2D eigenvalue weighted by Crippen LogP contribution is 2.23. The summed E-state index contributed by atoms with van der Waals surface area (Å²) in [6.45, 7) is 6.89. The maximum absolute atomic E-state index is 10.8. The topological polar surface area (TPSA) is 81.0 Å². The molecule has 21 heavy (non-hydrogen) atoms. The zero-order valence-corrected chi connectivity index (χ0v) is 12.3. The van der Waals surface area contributed by atoms with Crippen molar-refractivity contribution in [3.05, 3.63) is 51.8 Å². The molecule has 110 valence electrons. The van der Waals surface area contributed by atoms with Crippen LogP contribution in [0.25, 0.3) is 11.4 Å². The molecule has 0 aliphatic carbocycles. The van der Waals surface area contributed by atoms with E-state index >= 15 is 0 Å². The lowest BCUT2D eigenvalue weighted by Crippen LogP contribution is -2.19. The van der Waals surface area contributed by atoms with Gasteiger partial charge in [0.25, 0.3) is 5.69 Å². The number of nitrogens with zero attached hydrogens (tertiary/aromatic N) is 3. The summed E-state index contributed by atoms with van der Waals surface area (Å²) >= 11 is 0. The lowest BCUT2D eigenvalue weighted by molar-refractivity contribution is -0.384. The van der Waals surface area contributed by atoms with E-state index in [0.717, 1.165) is 17.8 Å². The van der Waals surface area contributed by atoms with E-state index in [9.17, 15) is 10.1 Å². The molecule has 1 atom stereocenters. The van der Waals surface area contributed by atoms with Gasteiger partial charge in [0.1, 0.15) is 0 Å². The average molecular weight is 286 g/mol. The summed E-state index contributed by atoms with van der Waals surface area (Å²) in [6.07, 6.45) is 1.78. The van der Waals surface area contributed by atoms with Crippen molar-refractivity contribution in [2.45, 2.75) is 26.8 Å². The fraction of sp³-hybridized carbons (Fsp3) is 0.333. The highest BCUT2D eigenvalue weighted by molar-refractivity contribution is 5.59. The summed E-state index contributed by atoms with van der Waals surface area (Å²) in [5.41, 5.74) is 2.60. The summed E-state index contributed by atoms with van der Waals surface area (Å²) < 4.78 is 0. The van der Waals surface area contributed by atoms with Crippen LogP contribution in [-0.2, 0) is 0 Å². The van der Waals surface area contributed by atoms with Gasteiger partial charge in [-0.1, -0.05) is 19.1 Å². The molecule has 6 nitrogen and oxygen atoms in total. The number of aryl methyl sites for hydroxylation is 1. The number of hydrogen-bond acceptors (Lipinski definition) is 5. The van der Waals surface area contributed by atoms with Crippen molar-refractivity contribution in [3.8, 4) is 11.4 Å². The smallest absolute Gasteiger partial charge is 0.270 e. The normalized spacial score (nSPS) is 12.1. The summed E-state index contributed by atoms with van der Waals surface area (Å²) in [7, 11) is 0. The molecule has 0 saturated heterocycles. The molecule has 6 heteroatoms. The highest BCUT2D eigenvalue weighted by atomic mass is 16.6. The Morgan fingerprint density at radius 1 is 1.43 bits per heavy atom. The molecule has 0 aliphatic heterocycles. The van der Waals surface area contributed by atoms with Crippen LogP contribution in [-0.4, -0.2) is 21.4 Å². The number of nitrogens with one attached hydrogen (secondary N) is 1. The van der Waals surface area contributed by atoms with E-state index < -0.39 is 4.92 Å². The van der Waals surface area contributed by atoms with Gasteiger partial charge in [-0.15, -0.1) is 0 Å². The summed E-state index contributed by atoms with van der Waals surface area (Å²) in [5.74, 6) is 0.503. The molecule has 1 aromatic heterocycles. The zero-order valence-electron chi connectivity index (χ0n) is 12.3. The molecule has 1 N–H and O–H groups in total. The average Bonchev–Trinajstić information content (AvgIpc) is 2.47. The Bertz CT molecular complexity index is 658. The van der Waals surface area contributed by atoms with Crippen molar-refractivity contribution in [1.29, 1.82) is 0 Å². The largest absolute Gasteiger partial charge is 0.310 e. The maximum atomic E-state index is 10.8. The fourth-order valence-corrected chi connectivity index (χ4v) is 2.22. The molecule has 2 aromatic rings. The van der Waals surface area contributed by atoms with E-state index in [4.69, 9.17) is 0 Å². The van der Waals surface area contributed by atoms with Crippen molar-refractivity contribution in [2.75, 3.05) is 6.54 Å². The molecule has 0 radical (unpaired) electrons. The Labute approximate surface area is 123 Å². The second-order valence-electron chi connectivity index (χ2n) is 4.82. The lowest BCUT2D eigenvalue weighted by atomic mass is 10.1. The molecule has 0 spiro atoms. The molecule has 1 unspecified atom stereocenters. The minimum absolute atomic E-state index is 0.0406. The van der Waals surface area contributed by atoms with Crippen LogP contribution in [0.1, 0.15) is 31.1 Å². The zero-order chi connectivity index (χ0) is 15.4. The highest BCUT2D eigenvalue weighted by Gasteiger charge is 2.13. The number of hydrogen-bond donors (Lipinski definition) is 1. The van der Waals surface area contributed by atoms with Gasteiger partial charge >= 0.3 is 0 Å². The summed E-state index contributed by atoms with van der Waals surface area (Å²) in [4.78, 5) is 19.2. The van der Waals surface area contributed by atoms with E-state index in [1.54, 1.807) is 18.3 Å². The van der Waals surface area contributed by atoms with E-state index in [1.807, 2.05) is 13.8 Å². The van der Waals surface area contributed by atoms with E-state index in [0.29, 0.717) is 11.4 Å². The standard InChI is InChI=1S/C15H18N4O2/c1-4-16-10(2)14-9-17-15(18-11(14)3)12-6-5-7-13(8-12)19(20)21/h5-10,16H,4H2,1-3H3. The van der Waals surface area contributed by atoms with Gasteiger partial charge in [-0.2, -0.15) is 0 Å². The van der Waals surface area contributed by atoms with Gasteiger partial charge in [0.05, 0.1) is 4.92 Å². The third-order valence-electron chi connectivity index (χ3n) is 3.31. The molecular weight excluding hydrogens is 268 g/mol. The first kappa shape index (κ1) is 15.1. The first-order chi connectivity index (χ1) is 10.0. The Kier molecular flexibility index (Phi) is 4.59. The maximum Gasteiger partial charge on any atom is 0.270 e. The van der Waals surface area contributed by atoms with Gasteiger partial charge < -0.3 is 5.32 Å². The number of non-ortho nitro benzene ring substituents is 1. The Morgan fingerprint density at radius 2 is 2.19 bits per heavy atom. The van der Waals surface area contributed by atoms with Gasteiger partial charge in [-0.05, 0) is 20.4 Å². The van der Waals surface area contributed by atoms with Crippen LogP contribution < -0.4 is 5.32 Å². The predicted octanol–water partition coefficient (Wildman–Crippen LogP) is 3.03. The number of benzene rings is 1. The van der Waals surface area contributed by atoms with Crippen LogP contribution in [0, 0.1) is 17.0 Å². The minimum atomic E-state index is -0.419. The minimum Gasteiger partial charge on any atom is -0.310 e. The van der Waals surface area contributed by atoms with Gasteiger partial charge in [-0.3, -0.25) is 10.1 Å². The Balaban J connectivity index is 2.36. The first-order valence-corrected chi connectivity index (χ1v) is 6.84. The molecule has 0 saturated carbocycles. The fourth-order valence-electron chi connectivity index (χ4n) is 2.22. The molecule has 0 amide bonds. The Hall–Kier alpha value is -2.34. The number of nitro benzene ring substituents is 1. The Morgan fingerprint density at radius 3 is 2.81 bits per heavy atom. The van der Waals surface area contributed by atoms with Gasteiger partial charge in [0, 0.05) is 41.2 Å². The van der Waals surface area contributed by atoms with Gasteiger partial charge in [-0.25, -0.2) is 9.97 Å². The first-order valence-electron chi connectivity index (χ1n) is 6.84. The van der Waals surface area contributed by atoms with E-state index in [1.165, 1.54) is 12.1 Å². The number of aromatic nitrogens is 2. The van der Waals surface area contributed by atoms with Crippen LogP contribution in [0.3, 0.4) is 0 Å². The van der Waals surface area contributed by atoms with Crippen LogP contribution in [0.4, 0.5) is 5.69 Å². The van der Waals surface area contributed by atoms with Crippen LogP contribution in [0.2, 0.25) is 0 Å². The van der Waals surface area contributed by atoms with Gasteiger partial charge in [0.15, 0.2) is 5.82 Å². The second-order valence-corrected chi connectivity index (χ2v) is 4.82. The van der Waals surface area contributed by atoms with Crippen molar-refractivity contribution >= 4 is 5.69 Å². The number of rotatable bonds is 5. The van der Waals surface area contributed by atoms with Crippen molar-refractivity contribution < 1.29 is 4.92 Å². The number of nitro groups is 1. The lowest BCUT2D eigenvalue weighted by Gasteiger charge is -2.15. The molecule has 1 aromatic carbocycles. The monoisotopic (exact) mass is 286 g/mol. The molecule has 0 aliphatic rings. The summed E-state index contributed by atoms with van der Waals surface area (Å²) in [6, 6.07) is 6.53. The molecule has 0 bridgehead atoms. The predicted molar refractivity (Wildman–Crippen MR) is 81.0 cm³/mol. The van der Waals surface area contributed by atoms with Crippen LogP contribution in [0.15, 0.2) is 30.5 Å². The van der Waals surface area contributed by atoms with Crippen molar-refractivity contribution in [3.63, 3.8) is 0 Å². The van der Waals surface area contributed by atoms with Crippen LogP contribution in [0.5, 0.6) is 0 Å². The molecule has 1 heterocycles. The van der Waals surface area contributed by atoms with Crippen molar-refractivity contribution in [1.82, 2.24) is 15.3 Å². The molecule has 0 fully saturated rings. The van der Waals surface area contributed by atoms with E-state index in [2.05, 4.69) is 22.2 Å². The van der Waals surface area contributed by atoms with Crippen LogP contribution >= 0.6 is 0 Å². The third kappa shape index (κ3) is 3.41. The molecule has 2 rings (SSSR count). The van der Waals surface area contributed by atoms with Crippen molar-refractivity contribution in [2.24, 2.45) is 0 Å². The quantitative estimate of drug-likeness (QED) is 0.675. The van der Waals surface area contributed by atoms with E-state index in [-0.39, 0.29) is 11.7 Å². The SMILES string of the molecule is CCNC(C)c1cnc(-c2cccc([N+](=O)[O-])c2)nc1C. The summed E-state index contributed by atoms with van der Waals surface area (Å²) in [5, 5.41) is 14.1. The van der Waals surface area contributed by atoms with Gasteiger partial charge in [0.2, 0.25) is 0 Å².